The topological polar surface area (TPSA) is 68.5 Å². The van der Waals surface area contributed by atoms with Crippen LogP contribution in [0.15, 0.2) is 34.9 Å². The molecule has 0 N–H and O–H groups in total. The average Bonchev–Trinajstić information content (AvgIpc) is 3.02. The van der Waals surface area contributed by atoms with Crippen LogP contribution >= 0.6 is 0 Å². The molecule has 136 valence electrons. The fourth-order valence-electron chi connectivity index (χ4n) is 2.86. The largest absolute Gasteiger partial charge is 0.497 e. The van der Waals surface area contributed by atoms with Gasteiger partial charge in [0.1, 0.15) is 5.75 Å². The van der Waals surface area contributed by atoms with Gasteiger partial charge in [0.25, 0.3) is 11.6 Å². The number of benzene rings is 1. The number of fused-ring (bicyclic) bond motifs is 1. The monoisotopic (exact) mass is 353 g/mol. The first-order valence-electron chi connectivity index (χ1n) is 8.56. The van der Waals surface area contributed by atoms with Crippen molar-refractivity contribution in [3.63, 3.8) is 0 Å². The predicted octanol–water partition coefficient (Wildman–Crippen LogP) is 3.94. The van der Waals surface area contributed by atoms with Crippen molar-refractivity contribution >= 4 is 17.0 Å². The summed E-state index contributed by atoms with van der Waals surface area (Å²) in [5, 5.41) is 4.66. The molecule has 0 bridgehead atoms. The molecular formula is C20H23N3O3. The summed E-state index contributed by atoms with van der Waals surface area (Å²) in [6.07, 6.45) is 0. The molecule has 3 rings (SSSR count). The fourth-order valence-corrected chi connectivity index (χ4v) is 2.86. The van der Waals surface area contributed by atoms with E-state index in [9.17, 15) is 4.79 Å². The van der Waals surface area contributed by atoms with Crippen LogP contribution < -0.4 is 4.74 Å². The number of aromatic nitrogens is 2. The summed E-state index contributed by atoms with van der Waals surface area (Å²) in [4.78, 5) is 19.3. The predicted molar refractivity (Wildman–Crippen MR) is 99.4 cm³/mol. The summed E-state index contributed by atoms with van der Waals surface area (Å²) in [6.45, 7) is 6.39. The van der Waals surface area contributed by atoms with Crippen LogP contribution in [0.2, 0.25) is 0 Å². The van der Waals surface area contributed by atoms with Crippen molar-refractivity contribution in [3.05, 3.63) is 52.8 Å². The number of hydrogen-bond acceptors (Lipinski definition) is 5. The lowest BCUT2D eigenvalue weighted by atomic mass is 10.0. The van der Waals surface area contributed by atoms with E-state index in [1.54, 1.807) is 19.1 Å². The van der Waals surface area contributed by atoms with E-state index >= 15 is 0 Å². The molecule has 6 heteroatoms. The molecular weight excluding hydrogens is 330 g/mol. The van der Waals surface area contributed by atoms with E-state index in [2.05, 4.69) is 10.1 Å². The van der Waals surface area contributed by atoms with Crippen molar-refractivity contribution in [3.8, 4) is 5.75 Å². The van der Waals surface area contributed by atoms with Gasteiger partial charge in [0.2, 0.25) is 0 Å². The molecule has 0 aliphatic heterocycles. The highest BCUT2D eigenvalue weighted by atomic mass is 16.5. The molecule has 0 aliphatic carbocycles. The standard InChI is InChI=1S/C20H23N3O3/c1-12(2)17-10-16(18-13(3)22-26-19(18)21-17)20(24)23(4)11-14-6-8-15(25-5)9-7-14/h6-10,12H,11H2,1-5H3. The van der Waals surface area contributed by atoms with Gasteiger partial charge in [0.15, 0.2) is 0 Å². The van der Waals surface area contributed by atoms with E-state index in [0.717, 1.165) is 17.0 Å². The summed E-state index contributed by atoms with van der Waals surface area (Å²) in [5.74, 6) is 0.893. The average molecular weight is 353 g/mol. The van der Waals surface area contributed by atoms with Crippen molar-refractivity contribution < 1.29 is 14.1 Å². The zero-order chi connectivity index (χ0) is 18.8. The molecule has 0 unspecified atom stereocenters. The highest BCUT2D eigenvalue weighted by molar-refractivity contribution is 6.05. The molecule has 6 nitrogen and oxygen atoms in total. The van der Waals surface area contributed by atoms with Gasteiger partial charge in [0.05, 0.1) is 23.8 Å². The van der Waals surface area contributed by atoms with Crippen LogP contribution in [0.5, 0.6) is 5.75 Å². The van der Waals surface area contributed by atoms with Gasteiger partial charge in [-0.15, -0.1) is 0 Å². The first kappa shape index (κ1) is 17.9. The third-order valence-corrected chi connectivity index (χ3v) is 4.38. The number of carbonyl (C=O) groups excluding carboxylic acids is 1. The molecule has 2 aromatic heterocycles. The highest BCUT2D eigenvalue weighted by Gasteiger charge is 2.22. The highest BCUT2D eigenvalue weighted by Crippen LogP contribution is 2.26. The molecule has 26 heavy (non-hydrogen) atoms. The van der Waals surface area contributed by atoms with Crippen molar-refractivity contribution in [2.75, 3.05) is 14.2 Å². The van der Waals surface area contributed by atoms with Gasteiger partial charge < -0.3 is 14.2 Å². The van der Waals surface area contributed by atoms with E-state index in [0.29, 0.717) is 28.9 Å². The van der Waals surface area contributed by atoms with Crippen LogP contribution in [-0.2, 0) is 6.54 Å². The number of hydrogen-bond donors (Lipinski definition) is 0. The minimum absolute atomic E-state index is 0.0820. The van der Waals surface area contributed by atoms with E-state index < -0.39 is 0 Å². The van der Waals surface area contributed by atoms with Gasteiger partial charge >= 0.3 is 0 Å². The van der Waals surface area contributed by atoms with Crippen LogP contribution in [0.3, 0.4) is 0 Å². The summed E-state index contributed by atoms with van der Waals surface area (Å²) < 4.78 is 10.5. The lowest BCUT2D eigenvalue weighted by Crippen LogP contribution is -2.26. The summed E-state index contributed by atoms with van der Waals surface area (Å²) in [5.41, 5.74) is 3.50. The number of aryl methyl sites for hydroxylation is 1. The summed E-state index contributed by atoms with van der Waals surface area (Å²) >= 11 is 0. The third kappa shape index (κ3) is 3.40. The first-order valence-corrected chi connectivity index (χ1v) is 8.56. The molecule has 0 aliphatic rings. The third-order valence-electron chi connectivity index (χ3n) is 4.38. The molecule has 1 amide bonds. The molecule has 0 radical (unpaired) electrons. The minimum Gasteiger partial charge on any atom is -0.497 e. The van der Waals surface area contributed by atoms with E-state index in [-0.39, 0.29) is 11.8 Å². The second kappa shape index (κ2) is 7.15. The molecule has 0 saturated carbocycles. The molecule has 0 spiro atoms. The number of pyridine rings is 1. The molecule has 0 atom stereocenters. The number of carbonyl (C=O) groups is 1. The number of ether oxygens (including phenoxy) is 1. The van der Waals surface area contributed by atoms with Crippen LogP contribution in [0.1, 0.15) is 47.1 Å². The van der Waals surface area contributed by atoms with Gasteiger partial charge in [-0.25, -0.2) is 4.98 Å². The Bertz CT molecular complexity index is 929. The van der Waals surface area contributed by atoms with Crippen molar-refractivity contribution in [1.29, 1.82) is 0 Å². The number of methoxy groups -OCH3 is 1. The maximum Gasteiger partial charge on any atom is 0.259 e. The molecule has 0 fully saturated rings. The Kier molecular flexibility index (Phi) is 4.93. The van der Waals surface area contributed by atoms with Gasteiger partial charge in [0, 0.05) is 19.3 Å². The van der Waals surface area contributed by atoms with Crippen LogP contribution in [0, 0.1) is 6.92 Å². The van der Waals surface area contributed by atoms with Crippen molar-refractivity contribution in [2.45, 2.75) is 33.2 Å². The number of amides is 1. The smallest absolute Gasteiger partial charge is 0.259 e. The lowest BCUT2D eigenvalue weighted by molar-refractivity contribution is 0.0786. The van der Waals surface area contributed by atoms with Crippen LogP contribution in [0.4, 0.5) is 0 Å². The Balaban J connectivity index is 1.93. The Hall–Kier alpha value is -2.89. The van der Waals surface area contributed by atoms with Gasteiger partial charge in [-0.1, -0.05) is 31.1 Å². The Morgan fingerprint density at radius 2 is 1.96 bits per heavy atom. The van der Waals surface area contributed by atoms with Crippen molar-refractivity contribution in [2.24, 2.45) is 0 Å². The molecule has 1 aromatic carbocycles. The summed E-state index contributed by atoms with van der Waals surface area (Å²) in [6, 6.07) is 9.53. The van der Waals surface area contributed by atoms with Gasteiger partial charge in [-0.2, -0.15) is 0 Å². The first-order chi connectivity index (χ1) is 12.4. The lowest BCUT2D eigenvalue weighted by Gasteiger charge is -2.19. The van der Waals surface area contributed by atoms with Gasteiger partial charge in [-0.3, -0.25) is 4.79 Å². The zero-order valence-corrected chi connectivity index (χ0v) is 15.7. The maximum absolute atomic E-state index is 13.1. The molecule has 2 heterocycles. The normalized spacial score (nSPS) is 11.2. The molecule has 0 saturated heterocycles. The Labute approximate surface area is 152 Å². The zero-order valence-electron chi connectivity index (χ0n) is 15.7. The Morgan fingerprint density at radius 3 is 2.58 bits per heavy atom. The van der Waals surface area contributed by atoms with E-state index in [1.807, 2.05) is 51.1 Å². The van der Waals surface area contributed by atoms with Crippen molar-refractivity contribution in [1.82, 2.24) is 15.0 Å². The van der Waals surface area contributed by atoms with Crippen LogP contribution in [0.25, 0.3) is 11.1 Å². The Morgan fingerprint density at radius 1 is 1.27 bits per heavy atom. The molecule has 3 aromatic rings. The minimum atomic E-state index is -0.0820. The summed E-state index contributed by atoms with van der Waals surface area (Å²) in [7, 11) is 3.42. The second-order valence-corrected chi connectivity index (χ2v) is 6.71. The quantitative estimate of drug-likeness (QED) is 0.695. The second-order valence-electron chi connectivity index (χ2n) is 6.71. The van der Waals surface area contributed by atoms with E-state index in [4.69, 9.17) is 9.26 Å². The van der Waals surface area contributed by atoms with Crippen LogP contribution in [-0.4, -0.2) is 35.1 Å². The SMILES string of the molecule is COc1ccc(CN(C)C(=O)c2cc(C(C)C)nc3onc(C)c23)cc1. The maximum atomic E-state index is 13.1. The fraction of sp³-hybridized carbons (Fsp3) is 0.350. The van der Waals surface area contributed by atoms with Gasteiger partial charge in [-0.05, 0) is 36.6 Å². The number of nitrogens with zero attached hydrogens (tertiary/aromatic N) is 3. The number of rotatable bonds is 5. The van der Waals surface area contributed by atoms with E-state index in [1.165, 1.54) is 0 Å².